The summed E-state index contributed by atoms with van der Waals surface area (Å²) in [7, 11) is 0. The Bertz CT molecular complexity index is 349. The molecule has 17 heavy (non-hydrogen) atoms. The van der Waals surface area contributed by atoms with Gasteiger partial charge >= 0.3 is 0 Å². The van der Waals surface area contributed by atoms with Crippen LogP contribution >= 0.6 is 15.9 Å². The van der Waals surface area contributed by atoms with Crippen LogP contribution in [0.3, 0.4) is 0 Å². The predicted molar refractivity (Wildman–Crippen MR) is 70.0 cm³/mol. The zero-order chi connectivity index (χ0) is 12.7. The largest absolute Gasteiger partial charge is 0.380 e. The number of halogens is 2. The molecule has 0 saturated heterocycles. The molecule has 96 valence electrons. The van der Waals surface area contributed by atoms with Crippen LogP contribution in [0, 0.1) is 5.82 Å². The fourth-order valence-electron chi connectivity index (χ4n) is 1.51. The van der Waals surface area contributed by atoms with Crippen molar-refractivity contribution in [3.05, 3.63) is 34.1 Å². The summed E-state index contributed by atoms with van der Waals surface area (Å²) in [5.41, 5.74) is 3.57. The van der Waals surface area contributed by atoms with E-state index in [1.165, 1.54) is 6.07 Å². The molecule has 0 bridgehead atoms. The zero-order valence-electron chi connectivity index (χ0n) is 9.88. The number of rotatable bonds is 7. The Kier molecular flexibility index (Phi) is 6.65. The molecule has 1 aromatic carbocycles. The predicted octanol–water partition coefficient (Wildman–Crippen LogP) is 2.39. The lowest BCUT2D eigenvalue weighted by Crippen LogP contribution is -2.40. The molecule has 5 heteroatoms. The minimum atomic E-state index is -0.257. The van der Waals surface area contributed by atoms with E-state index in [-0.39, 0.29) is 11.9 Å². The molecule has 0 aliphatic carbocycles. The van der Waals surface area contributed by atoms with E-state index in [9.17, 15) is 4.39 Å². The average Bonchev–Trinajstić information content (AvgIpc) is 2.33. The lowest BCUT2D eigenvalue weighted by Gasteiger charge is -2.17. The van der Waals surface area contributed by atoms with E-state index in [4.69, 9.17) is 10.6 Å². The summed E-state index contributed by atoms with van der Waals surface area (Å²) in [4.78, 5) is 0. The van der Waals surface area contributed by atoms with Crippen LogP contribution in [0.4, 0.5) is 4.39 Å². The highest BCUT2D eigenvalue weighted by Gasteiger charge is 2.12. The maximum Gasteiger partial charge on any atom is 0.137 e. The third-order valence-electron chi connectivity index (χ3n) is 2.40. The minimum Gasteiger partial charge on any atom is -0.380 e. The average molecular weight is 305 g/mol. The number of nitrogens with two attached hydrogens (primary N) is 1. The quantitative estimate of drug-likeness (QED) is 0.462. The maximum absolute atomic E-state index is 13.3. The summed E-state index contributed by atoms with van der Waals surface area (Å²) >= 11 is 3.24. The molecule has 0 radical (unpaired) electrons. The molecule has 1 unspecified atom stereocenters. The van der Waals surface area contributed by atoms with Crippen LogP contribution in [0.25, 0.3) is 0 Å². The van der Waals surface area contributed by atoms with Crippen LogP contribution in [-0.4, -0.2) is 19.3 Å². The smallest absolute Gasteiger partial charge is 0.137 e. The molecule has 3 nitrogen and oxygen atoms in total. The van der Waals surface area contributed by atoms with Crippen molar-refractivity contribution < 1.29 is 9.13 Å². The fourth-order valence-corrected chi connectivity index (χ4v) is 1.93. The number of hydrogen-bond donors (Lipinski definition) is 2. The number of benzene rings is 1. The van der Waals surface area contributed by atoms with E-state index in [0.29, 0.717) is 24.1 Å². The van der Waals surface area contributed by atoms with Crippen molar-refractivity contribution in [3.63, 3.8) is 0 Å². The van der Waals surface area contributed by atoms with Crippen LogP contribution in [0.2, 0.25) is 0 Å². The van der Waals surface area contributed by atoms with Crippen molar-refractivity contribution in [1.82, 2.24) is 5.43 Å². The van der Waals surface area contributed by atoms with Crippen LogP contribution < -0.4 is 11.3 Å². The van der Waals surface area contributed by atoms with Gasteiger partial charge in [0, 0.05) is 12.6 Å². The fraction of sp³-hybridized carbons (Fsp3) is 0.500. The number of nitrogens with one attached hydrogen (secondary N) is 1. The summed E-state index contributed by atoms with van der Waals surface area (Å²) in [6.07, 6.45) is 1.60. The highest BCUT2D eigenvalue weighted by Crippen LogP contribution is 2.21. The third-order valence-corrected chi connectivity index (χ3v) is 3.29. The summed E-state index contributed by atoms with van der Waals surface area (Å²) in [6, 6.07) is 4.97. The second-order valence-corrected chi connectivity index (χ2v) is 4.65. The molecule has 0 fully saturated rings. The van der Waals surface area contributed by atoms with E-state index in [1.54, 1.807) is 6.07 Å². The second kappa shape index (κ2) is 7.76. The Labute approximate surface area is 110 Å². The molecule has 0 saturated carbocycles. The Balaban J connectivity index is 2.57. The van der Waals surface area contributed by atoms with E-state index in [0.717, 1.165) is 12.0 Å². The van der Waals surface area contributed by atoms with E-state index in [1.807, 2.05) is 13.0 Å². The molecule has 1 aromatic rings. The van der Waals surface area contributed by atoms with Crippen LogP contribution in [0.5, 0.6) is 0 Å². The molecule has 3 N–H and O–H groups in total. The first-order valence-electron chi connectivity index (χ1n) is 5.65. The first kappa shape index (κ1) is 14.6. The van der Waals surface area contributed by atoms with Gasteiger partial charge in [0.2, 0.25) is 0 Å². The molecule has 0 heterocycles. The normalized spacial score (nSPS) is 12.7. The molecule has 1 rings (SSSR count). The molecule has 0 aliphatic rings. The van der Waals surface area contributed by atoms with E-state index < -0.39 is 0 Å². The molecule has 0 aromatic heterocycles. The minimum absolute atomic E-state index is 0.0142. The van der Waals surface area contributed by atoms with Gasteiger partial charge in [-0.25, -0.2) is 4.39 Å². The van der Waals surface area contributed by atoms with Crippen LogP contribution in [0.1, 0.15) is 18.9 Å². The van der Waals surface area contributed by atoms with Crippen molar-refractivity contribution in [2.75, 3.05) is 13.2 Å². The number of ether oxygens (including phenoxy) is 1. The first-order chi connectivity index (χ1) is 8.19. The third kappa shape index (κ3) is 4.71. The maximum atomic E-state index is 13.3. The van der Waals surface area contributed by atoms with Crippen molar-refractivity contribution in [2.45, 2.75) is 25.8 Å². The van der Waals surface area contributed by atoms with Crippen LogP contribution in [-0.2, 0) is 11.2 Å². The first-order valence-corrected chi connectivity index (χ1v) is 6.45. The SMILES string of the molecule is CCCOCC(Cc1cccc(F)c1Br)NN. The van der Waals surface area contributed by atoms with E-state index >= 15 is 0 Å². The van der Waals surface area contributed by atoms with Gasteiger partial charge in [0.25, 0.3) is 0 Å². The van der Waals surface area contributed by atoms with Gasteiger partial charge in [0.15, 0.2) is 0 Å². The molecule has 1 atom stereocenters. The standard InChI is InChI=1S/C12H18BrFN2O/c1-2-6-17-8-10(16-15)7-9-4-3-5-11(14)12(9)13/h3-5,10,16H,2,6-8,15H2,1H3. The van der Waals surface area contributed by atoms with Gasteiger partial charge in [-0.15, -0.1) is 0 Å². The van der Waals surface area contributed by atoms with Gasteiger partial charge in [-0.3, -0.25) is 11.3 Å². The van der Waals surface area contributed by atoms with Gasteiger partial charge in [0.1, 0.15) is 5.82 Å². The van der Waals surface area contributed by atoms with Gasteiger partial charge in [0.05, 0.1) is 11.1 Å². The summed E-state index contributed by atoms with van der Waals surface area (Å²) < 4.78 is 19.2. The van der Waals surface area contributed by atoms with Crippen molar-refractivity contribution in [3.8, 4) is 0 Å². The van der Waals surface area contributed by atoms with E-state index in [2.05, 4.69) is 21.4 Å². The van der Waals surface area contributed by atoms with Crippen molar-refractivity contribution >= 4 is 15.9 Å². The molecular weight excluding hydrogens is 287 g/mol. The second-order valence-electron chi connectivity index (χ2n) is 3.86. The molecule has 0 amide bonds. The Hall–Kier alpha value is -0.490. The summed E-state index contributed by atoms with van der Waals surface area (Å²) in [6.45, 7) is 3.28. The Morgan fingerprint density at radius 2 is 2.29 bits per heavy atom. The van der Waals surface area contributed by atoms with Crippen molar-refractivity contribution in [2.24, 2.45) is 5.84 Å². The van der Waals surface area contributed by atoms with Crippen LogP contribution in [0.15, 0.2) is 22.7 Å². The highest BCUT2D eigenvalue weighted by atomic mass is 79.9. The summed E-state index contributed by atoms with van der Waals surface area (Å²) in [5, 5.41) is 0. The van der Waals surface area contributed by atoms with Gasteiger partial charge < -0.3 is 4.74 Å². The van der Waals surface area contributed by atoms with Gasteiger partial charge in [-0.05, 0) is 40.4 Å². The lowest BCUT2D eigenvalue weighted by molar-refractivity contribution is 0.112. The Morgan fingerprint density at radius 3 is 2.94 bits per heavy atom. The van der Waals surface area contributed by atoms with Gasteiger partial charge in [-0.1, -0.05) is 19.1 Å². The lowest BCUT2D eigenvalue weighted by atomic mass is 10.1. The molecular formula is C12H18BrFN2O. The topological polar surface area (TPSA) is 47.3 Å². The molecule has 0 spiro atoms. The number of hydrazine groups is 1. The Morgan fingerprint density at radius 1 is 1.53 bits per heavy atom. The number of hydrogen-bond acceptors (Lipinski definition) is 3. The zero-order valence-corrected chi connectivity index (χ0v) is 11.5. The monoisotopic (exact) mass is 304 g/mol. The van der Waals surface area contributed by atoms with Crippen molar-refractivity contribution in [1.29, 1.82) is 0 Å². The molecule has 0 aliphatic heterocycles. The highest BCUT2D eigenvalue weighted by molar-refractivity contribution is 9.10. The van der Waals surface area contributed by atoms with Gasteiger partial charge in [-0.2, -0.15) is 0 Å². The summed E-state index contributed by atoms with van der Waals surface area (Å²) in [5.74, 6) is 5.20.